The van der Waals surface area contributed by atoms with Crippen LogP contribution in [0.4, 0.5) is 0 Å². The highest BCUT2D eigenvalue weighted by Crippen LogP contribution is 2.22. The molecule has 0 unspecified atom stereocenters. The summed E-state index contributed by atoms with van der Waals surface area (Å²) < 4.78 is 9.62. The Morgan fingerprint density at radius 2 is 2.06 bits per heavy atom. The highest BCUT2D eigenvalue weighted by atomic mass is 32.1. The van der Waals surface area contributed by atoms with Gasteiger partial charge in [-0.2, -0.15) is 0 Å². The quantitative estimate of drug-likeness (QED) is 0.494. The zero-order chi connectivity index (χ0) is 12.1. The highest BCUT2D eigenvalue weighted by Gasteiger charge is 2.10. The van der Waals surface area contributed by atoms with E-state index >= 15 is 0 Å². The van der Waals surface area contributed by atoms with Gasteiger partial charge in [0, 0.05) is 4.90 Å². The van der Waals surface area contributed by atoms with Crippen molar-refractivity contribution in [3.05, 3.63) is 23.8 Å². The van der Waals surface area contributed by atoms with E-state index in [1.165, 1.54) is 14.0 Å². The van der Waals surface area contributed by atoms with Crippen LogP contribution in [0.15, 0.2) is 23.1 Å². The van der Waals surface area contributed by atoms with Gasteiger partial charge in [0.05, 0.1) is 12.7 Å². The molecule has 0 amide bonds. The topological polar surface area (TPSA) is 52.6 Å². The predicted octanol–water partition coefficient (Wildman–Crippen LogP) is 1.73. The molecule has 0 fully saturated rings. The van der Waals surface area contributed by atoms with E-state index in [9.17, 15) is 9.59 Å². The molecule has 0 aliphatic carbocycles. The summed E-state index contributed by atoms with van der Waals surface area (Å²) in [7, 11) is 1.27. The van der Waals surface area contributed by atoms with Crippen LogP contribution < -0.4 is 4.74 Å². The second kappa shape index (κ2) is 5.55. The number of carbonyl (C=O) groups is 2. The molecular formula is C11H12O4S. The first-order chi connectivity index (χ1) is 7.54. The van der Waals surface area contributed by atoms with Crippen LogP contribution in [0.1, 0.15) is 17.3 Å². The van der Waals surface area contributed by atoms with Crippen molar-refractivity contribution in [2.75, 3.05) is 13.7 Å². The first-order valence-corrected chi connectivity index (χ1v) is 5.03. The van der Waals surface area contributed by atoms with E-state index < -0.39 is 5.97 Å². The van der Waals surface area contributed by atoms with Gasteiger partial charge in [-0.15, -0.1) is 12.6 Å². The molecule has 0 aliphatic rings. The lowest BCUT2D eigenvalue weighted by Gasteiger charge is -2.09. The summed E-state index contributed by atoms with van der Waals surface area (Å²) in [6, 6.07) is 4.88. The molecule has 0 saturated carbocycles. The predicted molar refractivity (Wildman–Crippen MR) is 61.2 cm³/mol. The van der Waals surface area contributed by atoms with Gasteiger partial charge < -0.3 is 9.47 Å². The van der Waals surface area contributed by atoms with Crippen LogP contribution in [-0.2, 0) is 9.53 Å². The van der Waals surface area contributed by atoms with E-state index in [0.29, 0.717) is 16.2 Å². The number of methoxy groups -OCH3 is 1. The second-order valence-electron chi connectivity index (χ2n) is 3.10. The first-order valence-electron chi connectivity index (χ1n) is 4.58. The molecule has 1 rings (SSSR count). The lowest BCUT2D eigenvalue weighted by molar-refractivity contribution is -0.142. The van der Waals surface area contributed by atoms with E-state index in [2.05, 4.69) is 17.4 Å². The molecule has 0 spiro atoms. The van der Waals surface area contributed by atoms with Crippen molar-refractivity contribution in [3.63, 3.8) is 0 Å². The fourth-order valence-electron chi connectivity index (χ4n) is 1.12. The van der Waals surface area contributed by atoms with Crippen molar-refractivity contribution in [2.45, 2.75) is 11.8 Å². The fraction of sp³-hybridized carbons (Fsp3) is 0.273. The molecule has 16 heavy (non-hydrogen) atoms. The molecule has 1 aromatic carbocycles. The normalized spacial score (nSPS) is 9.69. The summed E-state index contributed by atoms with van der Waals surface area (Å²) in [6.07, 6.45) is 0. The number of hydrogen-bond donors (Lipinski definition) is 1. The smallest absolute Gasteiger partial charge is 0.343 e. The Balaban J connectivity index is 2.88. The standard InChI is InChI=1S/C11H12O4S/c1-7(12)9-4-3-8(16)5-10(9)15-6-11(13)14-2/h3-5,16H,6H2,1-2H3. The monoisotopic (exact) mass is 240 g/mol. The molecule has 0 N–H and O–H groups in total. The number of benzene rings is 1. The number of Topliss-reactive ketones (excluding diaryl/α,β-unsaturated/α-hetero) is 1. The van der Waals surface area contributed by atoms with Gasteiger partial charge >= 0.3 is 5.97 Å². The molecule has 0 heterocycles. The lowest BCUT2D eigenvalue weighted by Crippen LogP contribution is -2.14. The van der Waals surface area contributed by atoms with Crippen molar-refractivity contribution >= 4 is 24.4 Å². The minimum absolute atomic E-state index is 0.131. The largest absolute Gasteiger partial charge is 0.481 e. The zero-order valence-electron chi connectivity index (χ0n) is 9.02. The maximum Gasteiger partial charge on any atom is 0.343 e. The Hall–Kier alpha value is -1.49. The van der Waals surface area contributed by atoms with Gasteiger partial charge in [0.1, 0.15) is 5.75 Å². The number of hydrogen-bond acceptors (Lipinski definition) is 5. The molecule has 4 nitrogen and oxygen atoms in total. The Labute approximate surface area is 99.0 Å². The van der Waals surface area contributed by atoms with Gasteiger partial charge in [-0.05, 0) is 25.1 Å². The van der Waals surface area contributed by atoms with Gasteiger partial charge in [-0.1, -0.05) is 0 Å². The molecule has 5 heteroatoms. The van der Waals surface area contributed by atoms with Crippen molar-refractivity contribution in [3.8, 4) is 5.75 Å². The number of rotatable bonds is 4. The van der Waals surface area contributed by atoms with Crippen LogP contribution in [-0.4, -0.2) is 25.5 Å². The molecule has 0 radical (unpaired) electrons. The van der Waals surface area contributed by atoms with E-state index in [0.717, 1.165) is 0 Å². The number of thiol groups is 1. The first kappa shape index (κ1) is 12.6. The summed E-state index contributed by atoms with van der Waals surface area (Å²) in [5, 5.41) is 0. The third kappa shape index (κ3) is 3.27. The van der Waals surface area contributed by atoms with Crippen LogP contribution >= 0.6 is 12.6 Å². The maximum atomic E-state index is 11.3. The average molecular weight is 240 g/mol. The molecule has 0 bridgehead atoms. The van der Waals surface area contributed by atoms with Gasteiger partial charge in [0.2, 0.25) is 0 Å². The minimum atomic E-state index is -0.501. The van der Waals surface area contributed by atoms with Crippen molar-refractivity contribution in [1.82, 2.24) is 0 Å². The third-order valence-electron chi connectivity index (χ3n) is 1.92. The molecule has 0 saturated heterocycles. The number of ether oxygens (including phenoxy) is 2. The summed E-state index contributed by atoms with van der Waals surface area (Å²) in [5.74, 6) is -0.294. The van der Waals surface area contributed by atoms with E-state index in [-0.39, 0.29) is 12.4 Å². The summed E-state index contributed by atoms with van der Waals surface area (Å²) >= 11 is 4.13. The molecular weight excluding hydrogens is 228 g/mol. The van der Waals surface area contributed by atoms with Gasteiger partial charge in [-0.3, -0.25) is 4.79 Å². The van der Waals surface area contributed by atoms with E-state index in [4.69, 9.17) is 4.74 Å². The van der Waals surface area contributed by atoms with Crippen LogP contribution in [0, 0.1) is 0 Å². The zero-order valence-corrected chi connectivity index (χ0v) is 9.91. The third-order valence-corrected chi connectivity index (χ3v) is 2.20. The maximum absolute atomic E-state index is 11.3. The summed E-state index contributed by atoms with van der Waals surface area (Å²) in [4.78, 5) is 22.8. The van der Waals surface area contributed by atoms with Crippen LogP contribution in [0.2, 0.25) is 0 Å². The van der Waals surface area contributed by atoms with E-state index in [1.807, 2.05) is 0 Å². The Morgan fingerprint density at radius 3 is 2.62 bits per heavy atom. The Morgan fingerprint density at radius 1 is 1.38 bits per heavy atom. The second-order valence-corrected chi connectivity index (χ2v) is 3.62. The Kier molecular flexibility index (Phi) is 4.37. The highest BCUT2D eigenvalue weighted by molar-refractivity contribution is 7.80. The molecule has 86 valence electrons. The number of carbonyl (C=O) groups excluding carboxylic acids is 2. The van der Waals surface area contributed by atoms with Crippen LogP contribution in [0.5, 0.6) is 5.75 Å². The SMILES string of the molecule is COC(=O)COc1cc(S)ccc1C(C)=O. The van der Waals surface area contributed by atoms with Crippen molar-refractivity contribution in [2.24, 2.45) is 0 Å². The number of ketones is 1. The fourth-order valence-corrected chi connectivity index (χ4v) is 1.31. The molecule has 0 aliphatic heterocycles. The lowest BCUT2D eigenvalue weighted by atomic mass is 10.1. The molecule has 1 aromatic rings. The number of esters is 1. The molecule has 0 atom stereocenters. The average Bonchev–Trinajstić information content (AvgIpc) is 2.25. The van der Waals surface area contributed by atoms with Gasteiger partial charge in [0.15, 0.2) is 12.4 Å². The van der Waals surface area contributed by atoms with E-state index in [1.54, 1.807) is 18.2 Å². The Bertz CT molecular complexity index is 414. The minimum Gasteiger partial charge on any atom is -0.481 e. The van der Waals surface area contributed by atoms with Crippen LogP contribution in [0.25, 0.3) is 0 Å². The van der Waals surface area contributed by atoms with Crippen molar-refractivity contribution in [1.29, 1.82) is 0 Å². The van der Waals surface area contributed by atoms with Gasteiger partial charge in [-0.25, -0.2) is 4.79 Å². The van der Waals surface area contributed by atoms with Crippen LogP contribution in [0.3, 0.4) is 0 Å². The van der Waals surface area contributed by atoms with Crippen molar-refractivity contribution < 1.29 is 19.1 Å². The summed E-state index contributed by atoms with van der Waals surface area (Å²) in [5.41, 5.74) is 0.418. The summed E-state index contributed by atoms with van der Waals surface area (Å²) in [6.45, 7) is 1.20. The van der Waals surface area contributed by atoms with Gasteiger partial charge in [0.25, 0.3) is 0 Å². The molecule has 0 aromatic heterocycles.